The highest BCUT2D eigenvalue weighted by Crippen LogP contribution is 2.17. The summed E-state index contributed by atoms with van der Waals surface area (Å²) in [6, 6.07) is 2.69. The molecule has 8 nitrogen and oxygen atoms in total. The molecule has 86 valence electrons. The molecular formula is C9H7N5O3. The van der Waals surface area contributed by atoms with Gasteiger partial charge in [0.15, 0.2) is 5.82 Å². The Bertz CT molecular complexity index is 552. The van der Waals surface area contributed by atoms with Crippen LogP contribution in [-0.2, 0) is 0 Å². The Balaban J connectivity index is 2.28. The Morgan fingerprint density at radius 2 is 2.29 bits per heavy atom. The number of nitro groups is 1. The van der Waals surface area contributed by atoms with Crippen molar-refractivity contribution in [2.24, 2.45) is 0 Å². The van der Waals surface area contributed by atoms with Crippen LogP contribution in [0.1, 0.15) is 10.4 Å². The van der Waals surface area contributed by atoms with Gasteiger partial charge in [0.05, 0.1) is 4.92 Å². The Morgan fingerprint density at radius 1 is 1.47 bits per heavy atom. The first-order valence-corrected chi connectivity index (χ1v) is 4.58. The Morgan fingerprint density at radius 3 is 2.94 bits per heavy atom. The van der Waals surface area contributed by atoms with E-state index in [0.717, 1.165) is 6.20 Å². The lowest BCUT2D eigenvalue weighted by Gasteiger charge is -2.01. The van der Waals surface area contributed by atoms with Gasteiger partial charge in [-0.05, 0) is 0 Å². The van der Waals surface area contributed by atoms with Gasteiger partial charge in [0.25, 0.3) is 11.6 Å². The van der Waals surface area contributed by atoms with E-state index in [4.69, 9.17) is 0 Å². The van der Waals surface area contributed by atoms with Crippen LogP contribution >= 0.6 is 0 Å². The van der Waals surface area contributed by atoms with Crippen molar-refractivity contribution in [3.63, 3.8) is 0 Å². The van der Waals surface area contributed by atoms with Gasteiger partial charge >= 0.3 is 0 Å². The number of carbonyl (C=O) groups is 1. The number of anilines is 1. The average molecular weight is 233 g/mol. The van der Waals surface area contributed by atoms with Crippen molar-refractivity contribution in [3.8, 4) is 0 Å². The zero-order valence-electron chi connectivity index (χ0n) is 8.45. The van der Waals surface area contributed by atoms with Crippen LogP contribution in [-0.4, -0.2) is 26.0 Å². The van der Waals surface area contributed by atoms with Crippen LogP contribution in [0, 0.1) is 10.1 Å². The number of hydrogen-bond donors (Lipinski definition) is 2. The lowest BCUT2D eigenvalue weighted by molar-refractivity contribution is -0.385. The Hall–Kier alpha value is -2.77. The minimum absolute atomic E-state index is 0.111. The predicted octanol–water partition coefficient (Wildman–Crippen LogP) is 0.965. The van der Waals surface area contributed by atoms with E-state index in [1.807, 2.05) is 0 Å². The predicted molar refractivity (Wildman–Crippen MR) is 57.4 cm³/mol. The standard InChI is InChI=1S/C9H7N5O3/c15-9(12-8-2-4-11-13-8)6-5-10-3-1-7(6)14(16)17/h1-5H,(H2,11,12,13,15). The molecule has 0 saturated heterocycles. The van der Waals surface area contributed by atoms with E-state index < -0.39 is 10.8 Å². The van der Waals surface area contributed by atoms with E-state index in [0.29, 0.717) is 0 Å². The van der Waals surface area contributed by atoms with Crippen molar-refractivity contribution in [1.82, 2.24) is 15.2 Å². The summed E-state index contributed by atoms with van der Waals surface area (Å²) >= 11 is 0. The molecule has 0 fully saturated rings. The highest BCUT2D eigenvalue weighted by molar-refractivity contribution is 6.06. The summed E-state index contributed by atoms with van der Waals surface area (Å²) in [5.41, 5.74) is -0.409. The monoisotopic (exact) mass is 233 g/mol. The van der Waals surface area contributed by atoms with Gasteiger partial charge in [-0.1, -0.05) is 0 Å². The fourth-order valence-electron chi connectivity index (χ4n) is 1.23. The zero-order chi connectivity index (χ0) is 12.3. The van der Waals surface area contributed by atoms with E-state index >= 15 is 0 Å². The second-order valence-corrected chi connectivity index (χ2v) is 3.06. The van der Waals surface area contributed by atoms with E-state index in [2.05, 4.69) is 20.5 Å². The lowest BCUT2D eigenvalue weighted by Crippen LogP contribution is -2.14. The van der Waals surface area contributed by atoms with Crippen LogP contribution in [0.3, 0.4) is 0 Å². The van der Waals surface area contributed by atoms with Gasteiger partial charge < -0.3 is 5.32 Å². The number of pyridine rings is 1. The quantitative estimate of drug-likeness (QED) is 0.605. The number of carbonyl (C=O) groups excluding carboxylic acids is 1. The fraction of sp³-hybridized carbons (Fsp3) is 0. The van der Waals surface area contributed by atoms with Crippen molar-refractivity contribution in [2.75, 3.05) is 5.32 Å². The van der Waals surface area contributed by atoms with E-state index in [9.17, 15) is 14.9 Å². The molecule has 2 heterocycles. The zero-order valence-corrected chi connectivity index (χ0v) is 8.45. The minimum atomic E-state index is -0.638. The molecule has 2 rings (SSSR count). The molecule has 0 spiro atoms. The van der Waals surface area contributed by atoms with Gasteiger partial charge in [0, 0.05) is 30.7 Å². The Labute approximate surface area is 94.8 Å². The molecule has 17 heavy (non-hydrogen) atoms. The molecule has 0 aliphatic heterocycles. The van der Waals surface area contributed by atoms with E-state index in [1.54, 1.807) is 0 Å². The van der Waals surface area contributed by atoms with Crippen molar-refractivity contribution >= 4 is 17.4 Å². The molecule has 0 atom stereocenters. The summed E-state index contributed by atoms with van der Waals surface area (Å²) in [6.45, 7) is 0. The summed E-state index contributed by atoms with van der Waals surface area (Å²) in [6.07, 6.45) is 3.91. The Kier molecular flexibility index (Phi) is 2.77. The average Bonchev–Trinajstić information content (AvgIpc) is 2.81. The maximum absolute atomic E-state index is 11.7. The third-order valence-corrected chi connectivity index (χ3v) is 1.98. The number of H-pyrrole nitrogens is 1. The van der Waals surface area contributed by atoms with Gasteiger partial charge in [0.2, 0.25) is 0 Å². The first kappa shape index (κ1) is 10.7. The molecule has 0 aliphatic carbocycles. The summed E-state index contributed by atoms with van der Waals surface area (Å²) < 4.78 is 0. The number of nitrogens with one attached hydrogen (secondary N) is 2. The molecule has 1 amide bonds. The molecule has 2 aromatic rings. The highest BCUT2D eigenvalue weighted by Gasteiger charge is 2.20. The second-order valence-electron chi connectivity index (χ2n) is 3.06. The SMILES string of the molecule is O=C(Nc1cc[nH]n1)c1cnccc1[N+](=O)[O-]. The molecular weight excluding hydrogens is 226 g/mol. The highest BCUT2D eigenvalue weighted by atomic mass is 16.6. The maximum Gasteiger partial charge on any atom is 0.285 e. The van der Waals surface area contributed by atoms with E-state index in [1.165, 1.54) is 24.5 Å². The molecule has 2 aromatic heterocycles. The molecule has 0 unspecified atom stereocenters. The van der Waals surface area contributed by atoms with Gasteiger partial charge in [0.1, 0.15) is 5.56 Å². The maximum atomic E-state index is 11.7. The molecule has 0 saturated carbocycles. The molecule has 2 N–H and O–H groups in total. The topological polar surface area (TPSA) is 114 Å². The van der Waals surface area contributed by atoms with Gasteiger partial charge in [-0.3, -0.25) is 25.0 Å². The summed E-state index contributed by atoms with van der Waals surface area (Å²) in [4.78, 5) is 25.5. The fourth-order valence-corrected chi connectivity index (χ4v) is 1.23. The lowest BCUT2D eigenvalue weighted by atomic mass is 10.2. The van der Waals surface area contributed by atoms with E-state index in [-0.39, 0.29) is 17.1 Å². The van der Waals surface area contributed by atoms with Crippen LogP contribution in [0.25, 0.3) is 0 Å². The van der Waals surface area contributed by atoms with Gasteiger partial charge in [-0.2, -0.15) is 5.10 Å². The number of hydrogen-bond acceptors (Lipinski definition) is 5. The molecule has 0 bridgehead atoms. The third kappa shape index (κ3) is 2.25. The van der Waals surface area contributed by atoms with Crippen LogP contribution in [0.4, 0.5) is 11.5 Å². The van der Waals surface area contributed by atoms with Crippen LogP contribution < -0.4 is 5.32 Å². The second kappa shape index (κ2) is 4.39. The number of rotatable bonds is 3. The first-order chi connectivity index (χ1) is 8.18. The van der Waals surface area contributed by atoms with Crippen molar-refractivity contribution < 1.29 is 9.72 Å². The number of nitrogens with zero attached hydrogens (tertiary/aromatic N) is 3. The third-order valence-electron chi connectivity index (χ3n) is 1.98. The normalized spacial score (nSPS) is 9.88. The van der Waals surface area contributed by atoms with Crippen molar-refractivity contribution in [3.05, 3.63) is 46.4 Å². The summed E-state index contributed by atoms with van der Waals surface area (Å²) in [5.74, 6) is -0.343. The minimum Gasteiger partial charge on any atom is -0.305 e. The summed E-state index contributed by atoms with van der Waals surface area (Å²) in [7, 11) is 0. The molecule has 0 aliphatic rings. The number of amides is 1. The molecule has 0 radical (unpaired) electrons. The van der Waals surface area contributed by atoms with Crippen molar-refractivity contribution in [2.45, 2.75) is 0 Å². The van der Waals surface area contributed by atoms with Crippen LogP contribution in [0.15, 0.2) is 30.7 Å². The number of aromatic amines is 1. The molecule has 0 aromatic carbocycles. The van der Waals surface area contributed by atoms with Gasteiger partial charge in [-0.25, -0.2) is 0 Å². The van der Waals surface area contributed by atoms with Crippen LogP contribution in [0.5, 0.6) is 0 Å². The van der Waals surface area contributed by atoms with Crippen molar-refractivity contribution in [1.29, 1.82) is 0 Å². The summed E-state index contributed by atoms with van der Waals surface area (Å²) in [5, 5.41) is 19.3. The number of aromatic nitrogens is 3. The van der Waals surface area contributed by atoms with Gasteiger partial charge in [-0.15, -0.1) is 0 Å². The largest absolute Gasteiger partial charge is 0.305 e. The van der Waals surface area contributed by atoms with Crippen LogP contribution in [0.2, 0.25) is 0 Å². The smallest absolute Gasteiger partial charge is 0.285 e. The molecule has 8 heteroatoms. The first-order valence-electron chi connectivity index (χ1n) is 4.58.